The monoisotopic (exact) mass is 238 g/mol. The molecule has 1 aromatic rings. The smallest absolute Gasteiger partial charge is 0.222 e. The molecule has 0 radical (unpaired) electrons. The van der Waals surface area contributed by atoms with Crippen molar-refractivity contribution in [1.29, 1.82) is 0 Å². The summed E-state index contributed by atoms with van der Waals surface area (Å²) in [5.41, 5.74) is 3.39. The molecule has 1 fully saturated rings. The second kappa shape index (κ2) is 5.13. The van der Waals surface area contributed by atoms with Crippen molar-refractivity contribution in [3.63, 3.8) is 0 Å². The molecular formula is C13H19ClN2. The van der Waals surface area contributed by atoms with Gasteiger partial charge < -0.3 is 0 Å². The Labute approximate surface area is 102 Å². The van der Waals surface area contributed by atoms with Crippen LogP contribution < -0.4 is 0 Å². The number of hydrogen-bond acceptors (Lipinski definition) is 2. The van der Waals surface area contributed by atoms with Gasteiger partial charge in [-0.3, -0.25) is 0 Å². The van der Waals surface area contributed by atoms with Gasteiger partial charge >= 0.3 is 0 Å². The third kappa shape index (κ3) is 2.73. The lowest BCUT2D eigenvalue weighted by Gasteiger charge is -2.22. The molecule has 3 heteroatoms. The highest BCUT2D eigenvalue weighted by molar-refractivity contribution is 6.28. The number of aromatic nitrogens is 2. The van der Waals surface area contributed by atoms with Gasteiger partial charge in [-0.05, 0) is 43.4 Å². The van der Waals surface area contributed by atoms with E-state index in [2.05, 4.69) is 16.9 Å². The molecule has 2 nitrogen and oxygen atoms in total. The second-order valence-electron chi connectivity index (χ2n) is 4.86. The Morgan fingerprint density at radius 1 is 1.12 bits per heavy atom. The van der Waals surface area contributed by atoms with Crippen molar-refractivity contribution in [2.45, 2.75) is 52.4 Å². The molecule has 1 aromatic heterocycles. The van der Waals surface area contributed by atoms with Crippen LogP contribution in [-0.4, -0.2) is 9.97 Å². The third-order valence-corrected chi connectivity index (χ3v) is 3.84. The van der Waals surface area contributed by atoms with Crippen molar-refractivity contribution in [3.05, 3.63) is 22.2 Å². The minimum Gasteiger partial charge on any atom is -0.223 e. The molecule has 1 saturated carbocycles. The molecule has 1 heterocycles. The Hall–Kier alpha value is -0.630. The first-order chi connectivity index (χ1) is 7.66. The van der Waals surface area contributed by atoms with E-state index in [-0.39, 0.29) is 0 Å². The van der Waals surface area contributed by atoms with Crippen LogP contribution >= 0.6 is 11.6 Å². The van der Waals surface area contributed by atoms with Crippen molar-refractivity contribution in [2.75, 3.05) is 0 Å². The average molecular weight is 239 g/mol. The molecule has 0 spiro atoms. The topological polar surface area (TPSA) is 25.8 Å². The van der Waals surface area contributed by atoms with Crippen LogP contribution in [0.3, 0.4) is 0 Å². The maximum Gasteiger partial charge on any atom is 0.222 e. The lowest BCUT2D eigenvalue weighted by Crippen LogP contribution is -2.12. The molecule has 1 aliphatic carbocycles. The normalized spacial score (nSPS) is 17.7. The van der Waals surface area contributed by atoms with Gasteiger partial charge in [-0.2, -0.15) is 0 Å². The van der Waals surface area contributed by atoms with Crippen LogP contribution in [0.4, 0.5) is 0 Å². The summed E-state index contributed by atoms with van der Waals surface area (Å²) in [6.45, 7) is 4.11. The van der Waals surface area contributed by atoms with E-state index >= 15 is 0 Å². The molecule has 16 heavy (non-hydrogen) atoms. The minimum absolute atomic E-state index is 0.397. The van der Waals surface area contributed by atoms with Crippen LogP contribution in [0.2, 0.25) is 5.28 Å². The van der Waals surface area contributed by atoms with Crippen LogP contribution in [0.15, 0.2) is 0 Å². The van der Waals surface area contributed by atoms with Crippen molar-refractivity contribution < 1.29 is 0 Å². The number of hydrogen-bond donors (Lipinski definition) is 0. The van der Waals surface area contributed by atoms with Gasteiger partial charge in [0.05, 0.1) is 0 Å². The molecule has 1 aliphatic rings. The molecule has 0 unspecified atom stereocenters. The Bertz CT molecular complexity index is 370. The lowest BCUT2D eigenvalue weighted by molar-refractivity contribution is 0.353. The largest absolute Gasteiger partial charge is 0.223 e. The molecule has 0 aliphatic heterocycles. The fraction of sp³-hybridized carbons (Fsp3) is 0.692. The zero-order valence-electron chi connectivity index (χ0n) is 10.1. The van der Waals surface area contributed by atoms with E-state index in [9.17, 15) is 0 Å². The first-order valence-corrected chi connectivity index (χ1v) is 6.54. The van der Waals surface area contributed by atoms with Crippen LogP contribution in [0, 0.1) is 19.8 Å². The molecule has 2 rings (SSSR count). The molecule has 0 amide bonds. The van der Waals surface area contributed by atoms with E-state index in [0.29, 0.717) is 5.28 Å². The Morgan fingerprint density at radius 2 is 1.81 bits per heavy atom. The summed E-state index contributed by atoms with van der Waals surface area (Å²) in [6, 6.07) is 0. The van der Waals surface area contributed by atoms with Gasteiger partial charge in [0.15, 0.2) is 0 Å². The van der Waals surface area contributed by atoms with Gasteiger partial charge in [-0.15, -0.1) is 0 Å². The number of rotatable bonds is 2. The summed E-state index contributed by atoms with van der Waals surface area (Å²) < 4.78 is 0. The maximum absolute atomic E-state index is 5.92. The summed E-state index contributed by atoms with van der Waals surface area (Å²) >= 11 is 5.92. The van der Waals surface area contributed by atoms with Gasteiger partial charge in [0, 0.05) is 11.4 Å². The Balaban J connectivity index is 2.13. The van der Waals surface area contributed by atoms with E-state index in [0.717, 1.165) is 23.7 Å². The molecule has 88 valence electrons. The van der Waals surface area contributed by atoms with Crippen LogP contribution in [-0.2, 0) is 6.42 Å². The molecule has 0 aromatic carbocycles. The summed E-state index contributed by atoms with van der Waals surface area (Å²) in [4.78, 5) is 8.56. The van der Waals surface area contributed by atoms with Gasteiger partial charge in [0.25, 0.3) is 0 Å². The molecular weight excluding hydrogens is 220 g/mol. The second-order valence-corrected chi connectivity index (χ2v) is 5.20. The van der Waals surface area contributed by atoms with Gasteiger partial charge in [-0.25, -0.2) is 9.97 Å². The van der Waals surface area contributed by atoms with Gasteiger partial charge in [-0.1, -0.05) is 32.1 Å². The van der Waals surface area contributed by atoms with Crippen LogP contribution in [0.1, 0.15) is 49.1 Å². The molecule has 0 N–H and O–H groups in total. The van der Waals surface area contributed by atoms with Crippen LogP contribution in [0.5, 0.6) is 0 Å². The van der Waals surface area contributed by atoms with Crippen molar-refractivity contribution in [1.82, 2.24) is 9.97 Å². The predicted molar refractivity (Wildman–Crippen MR) is 66.8 cm³/mol. The van der Waals surface area contributed by atoms with Crippen LogP contribution in [0.25, 0.3) is 0 Å². The zero-order valence-corrected chi connectivity index (χ0v) is 10.8. The highest BCUT2D eigenvalue weighted by atomic mass is 35.5. The van der Waals surface area contributed by atoms with E-state index in [1.165, 1.54) is 37.7 Å². The van der Waals surface area contributed by atoms with E-state index < -0.39 is 0 Å². The Kier molecular flexibility index (Phi) is 3.80. The summed E-state index contributed by atoms with van der Waals surface area (Å²) in [7, 11) is 0. The summed E-state index contributed by atoms with van der Waals surface area (Å²) in [5, 5.41) is 0.397. The van der Waals surface area contributed by atoms with Gasteiger partial charge in [0.1, 0.15) is 0 Å². The van der Waals surface area contributed by atoms with E-state index in [1.54, 1.807) is 0 Å². The highest BCUT2D eigenvalue weighted by Crippen LogP contribution is 2.27. The number of aryl methyl sites for hydroxylation is 1. The molecule has 0 atom stereocenters. The summed E-state index contributed by atoms with van der Waals surface area (Å²) in [5.74, 6) is 0.804. The summed E-state index contributed by atoms with van der Waals surface area (Å²) in [6.07, 6.45) is 7.93. The van der Waals surface area contributed by atoms with E-state index in [4.69, 9.17) is 11.6 Å². The standard InChI is InChI=1S/C13H19ClN2/c1-9-10(2)15-13(14)16-12(9)8-11-6-4-3-5-7-11/h11H,3-8H2,1-2H3. The number of halogens is 1. The first-order valence-electron chi connectivity index (χ1n) is 6.16. The van der Waals surface area contributed by atoms with Crippen molar-refractivity contribution in [2.24, 2.45) is 5.92 Å². The van der Waals surface area contributed by atoms with Crippen molar-refractivity contribution >= 4 is 11.6 Å². The van der Waals surface area contributed by atoms with Gasteiger partial charge in [0.2, 0.25) is 5.28 Å². The van der Waals surface area contributed by atoms with E-state index in [1.807, 2.05) is 6.92 Å². The Morgan fingerprint density at radius 3 is 2.50 bits per heavy atom. The first kappa shape index (κ1) is 11.8. The number of nitrogens with zero attached hydrogens (tertiary/aromatic N) is 2. The zero-order chi connectivity index (χ0) is 11.5. The molecule has 0 bridgehead atoms. The predicted octanol–water partition coefficient (Wildman–Crippen LogP) is 3.87. The SMILES string of the molecule is Cc1nc(Cl)nc(CC2CCCCC2)c1C. The minimum atomic E-state index is 0.397. The quantitative estimate of drug-likeness (QED) is 0.731. The third-order valence-electron chi connectivity index (χ3n) is 3.67. The molecule has 0 saturated heterocycles. The highest BCUT2D eigenvalue weighted by Gasteiger charge is 2.17. The fourth-order valence-corrected chi connectivity index (χ4v) is 2.74. The maximum atomic E-state index is 5.92. The fourth-order valence-electron chi connectivity index (χ4n) is 2.51. The average Bonchev–Trinajstić information content (AvgIpc) is 2.27. The van der Waals surface area contributed by atoms with Crippen molar-refractivity contribution in [3.8, 4) is 0 Å². The lowest BCUT2D eigenvalue weighted by atomic mass is 9.85.